The second kappa shape index (κ2) is 10.5. The molecule has 36 heavy (non-hydrogen) atoms. The number of amides is 2. The molecule has 0 saturated carbocycles. The van der Waals surface area contributed by atoms with Gasteiger partial charge in [-0.3, -0.25) is 14.5 Å². The summed E-state index contributed by atoms with van der Waals surface area (Å²) in [5, 5.41) is 2.95. The van der Waals surface area contributed by atoms with E-state index in [0.29, 0.717) is 41.8 Å². The van der Waals surface area contributed by atoms with E-state index >= 15 is 0 Å². The maximum Gasteiger partial charge on any atom is 0.254 e. The third-order valence-corrected chi connectivity index (χ3v) is 9.12. The van der Waals surface area contributed by atoms with Crippen molar-refractivity contribution in [2.75, 3.05) is 32.7 Å². The zero-order valence-corrected chi connectivity index (χ0v) is 22.7. The second-order valence-electron chi connectivity index (χ2n) is 9.47. The molecule has 8 heteroatoms. The van der Waals surface area contributed by atoms with Gasteiger partial charge in [-0.15, -0.1) is 11.3 Å². The zero-order valence-electron chi connectivity index (χ0n) is 20.4. The lowest BCUT2D eigenvalue weighted by atomic mass is 9.89. The molecule has 0 spiro atoms. The fourth-order valence-corrected chi connectivity index (χ4v) is 6.54. The lowest BCUT2D eigenvalue weighted by Gasteiger charge is -2.43. The Bertz CT molecular complexity index is 1290. The van der Waals surface area contributed by atoms with Gasteiger partial charge in [0.15, 0.2) is 0 Å². The first-order chi connectivity index (χ1) is 17.3. The van der Waals surface area contributed by atoms with Crippen molar-refractivity contribution in [3.8, 4) is 0 Å². The summed E-state index contributed by atoms with van der Waals surface area (Å²) in [4.78, 5) is 34.1. The number of rotatable bonds is 4. The number of hydrogen-bond acceptors (Lipinski definition) is 4. The third kappa shape index (κ3) is 4.80. The van der Waals surface area contributed by atoms with Crippen molar-refractivity contribution in [3.63, 3.8) is 0 Å². The Morgan fingerprint density at radius 1 is 0.917 bits per heavy atom. The number of piperazine rings is 1. The minimum Gasteiger partial charge on any atom is -0.338 e. The van der Waals surface area contributed by atoms with Crippen LogP contribution in [0.2, 0.25) is 10.0 Å². The summed E-state index contributed by atoms with van der Waals surface area (Å²) in [6.07, 6.45) is 0.957. The highest BCUT2D eigenvalue weighted by Crippen LogP contribution is 2.40. The summed E-state index contributed by atoms with van der Waals surface area (Å²) in [6, 6.07) is 15.4. The molecule has 0 aliphatic carbocycles. The molecule has 188 valence electrons. The molecular weight excluding hydrogens is 513 g/mol. The molecule has 0 bridgehead atoms. The van der Waals surface area contributed by atoms with Crippen LogP contribution in [0.25, 0.3) is 0 Å². The van der Waals surface area contributed by atoms with Gasteiger partial charge >= 0.3 is 0 Å². The van der Waals surface area contributed by atoms with Crippen molar-refractivity contribution in [2.24, 2.45) is 0 Å². The van der Waals surface area contributed by atoms with Gasteiger partial charge in [-0.1, -0.05) is 47.5 Å². The second-order valence-corrected chi connectivity index (χ2v) is 11.3. The summed E-state index contributed by atoms with van der Waals surface area (Å²) >= 11 is 13.9. The van der Waals surface area contributed by atoms with E-state index in [2.05, 4.69) is 47.5 Å². The number of thiophene rings is 1. The number of carbonyl (C=O) groups is 2. The third-order valence-electron chi connectivity index (χ3n) is 7.39. The van der Waals surface area contributed by atoms with Gasteiger partial charge in [0.1, 0.15) is 0 Å². The quantitative estimate of drug-likeness (QED) is 0.426. The number of fused-ring (bicyclic) bond motifs is 1. The van der Waals surface area contributed by atoms with Gasteiger partial charge in [-0.25, -0.2) is 0 Å². The number of halogens is 2. The normalized spacial score (nSPS) is 19.2. The van der Waals surface area contributed by atoms with E-state index in [0.717, 1.165) is 13.0 Å². The van der Waals surface area contributed by atoms with E-state index < -0.39 is 0 Å². The van der Waals surface area contributed by atoms with Gasteiger partial charge in [0, 0.05) is 43.2 Å². The maximum atomic E-state index is 13.7. The summed E-state index contributed by atoms with van der Waals surface area (Å²) in [5.74, 6) is 0.0308. The predicted octanol–water partition coefficient (Wildman–Crippen LogP) is 5.68. The van der Waals surface area contributed by atoms with Crippen molar-refractivity contribution in [3.05, 3.63) is 91.1 Å². The SMILES string of the molecule is Cc1ccccc1C1c2ccsc2CCN1C(C)C(=O)N1CCN(C(=O)c2ccc(Cl)c(Cl)c2)CC1. The van der Waals surface area contributed by atoms with Crippen LogP contribution in [0, 0.1) is 6.92 Å². The van der Waals surface area contributed by atoms with Crippen LogP contribution in [0.5, 0.6) is 0 Å². The average Bonchev–Trinajstić information content (AvgIpc) is 3.38. The summed E-state index contributed by atoms with van der Waals surface area (Å²) in [5.41, 5.74) is 4.32. The van der Waals surface area contributed by atoms with Crippen LogP contribution in [0.4, 0.5) is 0 Å². The Balaban J connectivity index is 1.29. The van der Waals surface area contributed by atoms with Crippen LogP contribution in [0.3, 0.4) is 0 Å². The van der Waals surface area contributed by atoms with E-state index in [1.54, 1.807) is 23.1 Å². The molecule has 1 saturated heterocycles. The molecule has 5 nitrogen and oxygen atoms in total. The number of nitrogens with zero attached hydrogens (tertiary/aromatic N) is 3. The Hall–Kier alpha value is -2.38. The smallest absolute Gasteiger partial charge is 0.254 e. The molecule has 2 aliphatic rings. The van der Waals surface area contributed by atoms with E-state index in [-0.39, 0.29) is 23.9 Å². The van der Waals surface area contributed by atoms with Crippen LogP contribution < -0.4 is 0 Å². The Morgan fingerprint density at radius 2 is 1.64 bits per heavy atom. The molecule has 0 N–H and O–H groups in total. The van der Waals surface area contributed by atoms with Crippen LogP contribution in [0.15, 0.2) is 53.9 Å². The van der Waals surface area contributed by atoms with Crippen molar-refractivity contribution in [1.82, 2.24) is 14.7 Å². The first-order valence-corrected chi connectivity index (χ1v) is 13.9. The molecule has 1 fully saturated rings. The van der Waals surface area contributed by atoms with E-state index in [1.165, 1.54) is 21.6 Å². The van der Waals surface area contributed by atoms with Gasteiger partial charge < -0.3 is 9.80 Å². The lowest BCUT2D eigenvalue weighted by molar-refractivity contribution is -0.138. The van der Waals surface area contributed by atoms with Gasteiger partial charge in [0.05, 0.1) is 22.1 Å². The first-order valence-electron chi connectivity index (χ1n) is 12.3. The summed E-state index contributed by atoms with van der Waals surface area (Å²) in [7, 11) is 0. The van der Waals surface area contributed by atoms with Crippen molar-refractivity contribution in [2.45, 2.75) is 32.4 Å². The highest BCUT2D eigenvalue weighted by Gasteiger charge is 2.38. The molecule has 0 radical (unpaired) electrons. The highest BCUT2D eigenvalue weighted by molar-refractivity contribution is 7.10. The molecule has 3 aromatic rings. The minimum absolute atomic E-state index is 0.0673. The fourth-order valence-electron chi connectivity index (χ4n) is 5.34. The van der Waals surface area contributed by atoms with Crippen LogP contribution in [-0.4, -0.2) is 65.3 Å². The molecule has 2 aliphatic heterocycles. The maximum absolute atomic E-state index is 13.7. The van der Waals surface area contributed by atoms with Gasteiger partial charge in [0.2, 0.25) is 5.91 Å². The monoisotopic (exact) mass is 541 g/mol. The molecule has 2 amide bonds. The Kier molecular flexibility index (Phi) is 7.40. The van der Waals surface area contributed by atoms with Gasteiger partial charge in [0.25, 0.3) is 5.91 Å². The van der Waals surface area contributed by atoms with Crippen molar-refractivity contribution >= 4 is 46.4 Å². The molecule has 2 atom stereocenters. The highest BCUT2D eigenvalue weighted by atomic mass is 35.5. The molecular formula is C28H29Cl2N3O2S. The Labute approximate surface area is 226 Å². The fraction of sp³-hybridized carbons (Fsp3) is 0.357. The molecule has 3 heterocycles. The van der Waals surface area contributed by atoms with E-state index in [1.807, 2.05) is 23.2 Å². The summed E-state index contributed by atoms with van der Waals surface area (Å²) < 4.78 is 0. The van der Waals surface area contributed by atoms with Crippen LogP contribution >= 0.6 is 34.5 Å². The number of aryl methyl sites for hydroxylation is 1. The molecule has 1 aromatic heterocycles. The number of benzene rings is 2. The lowest BCUT2D eigenvalue weighted by Crippen LogP contribution is -2.56. The average molecular weight is 543 g/mol. The topological polar surface area (TPSA) is 43.9 Å². The largest absolute Gasteiger partial charge is 0.338 e. The van der Waals surface area contributed by atoms with Gasteiger partial charge in [-0.05, 0) is 66.6 Å². The van der Waals surface area contributed by atoms with E-state index in [4.69, 9.17) is 23.2 Å². The Morgan fingerprint density at radius 3 is 2.36 bits per heavy atom. The van der Waals surface area contributed by atoms with Gasteiger partial charge in [-0.2, -0.15) is 0 Å². The molecule has 2 unspecified atom stereocenters. The standard InChI is InChI=1S/C28H29Cl2N3O2S/c1-18-5-3-4-6-21(18)26-22-10-16-36-25(22)9-11-33(26)19(2)27(34)31-12-14-32(15-13-31)28(35)20-7-8-23(29)24(30)17-20/h3-8,10,16-17,19,26H,9,11-15H2,1-2H3. The van der Waals surface area contributed by atoms with E-state index in [9.17, 15) is 9.59 Å². The van der Waals surface area contributed by atoms with Crippen LogP contribution in [0.1, 0.15) is 44.9 Å². The van der Waals surface area contributed by atoms with Crippen LogP contribution in [-0.2, 0) is 11.2 Å². The first kappa shape index (κ1) is 25.3. The number of hydrogen-bond donors (Lipinski definition) is 0. The predicted molar refractivity (Wildman–Crippen MR) is 146 cm³/mol. The number of carbonyl (C=O) groups excluding carboxylic acids is 2. The van der Waals surface area contributed by atoms with Crippen molar-refractivity contribution < 1.29 is 9.59 Å². The van der Waals surface area contributed by atoms with Crippen molar-refractivity contribution in [1.29, 1.82) is 0 Å². The molecule has 2 aromatic carbocycles. The summed E-state index contributed by atoms with van der Waals surface area (Å²) in [6.45, 7) is 7.03. The molecule has 5 rings (SSSR count). The minimum atomic E-state index is -0.264. The zero-order chi connectivity index (χ0) is 25.4.